The van der Waals surface area contributed by atoms with Gasteiger partial charge >= 0.3 is 0 Å². The molecule has 0 aromatic heterocycles. The largest absolute Gasteiger partial charge is 0.497 e. The number of fused-ring (bicyclic) bond motifs is 1. The lowest BCUT2D eigenvalue weighted by atomic mass is 9.98. The van der Waals surface area contributed by atoms with Crippen LogP contribution in [0, 0.1) is 17.8 Å². The molecule has 1 aliphatic heterocycles. The number of carbonyl (C=O) groups excluding carboxylic acids is 1. The third-order valence-electron chi connectivity index (χ3n) is 5.81. The fourth-order valence-corrected chi connectivity index (χ4v) is 5.48. The first-order valence-corrected chi connectivity index (χ1v) is 10.9. The fourth-order valence-electron chi connectivity index (χ4n) is 4.15. The number of ether oxygens (including phenoxy) is 1. The number of carbonyl (C=O) groups is 1. The summed E-state index contributed by atoms with van der Waals surface area (Å²) < 4.78 is 33.2. The van der Waals surface area contributed by atoms with E-state index in [0.717, 1.165) is 12.8 Å². The Balaban J connectivity index is 1.74. The van der Waals surface area contributed by atoms with E-state index < -0.39 is 16.1 Å². The van der Waals surface area contributed by atoms with Gasteiger partial charge in [0.05, 0.1) is 12.0 Å². The first-order chi connectivity index (χ1) is 12.7. The molecule has 8 heteroatoms. The van der Waals surface area contributed by atoms with Crippen molar-refractivity contribution in [1.82, 2.24) is 9.62 Å². The number of likely N-dealkylation sites (tertiary alicyclic amines) is 1. The minimum absolute atomic E-state index is 0.113. The van der Waals surface area contributed by atoms with Crippen molar-refractivity contribution in [2.75, 3.05) is 20.2 Å². The van der Waals surface area contributed by atoms with E-state index in [2.05, 4.69) is 4.72 Å². The Morgan fingerprint density at radius 1 is 1.22 bits per heavy atom. The number of benzene rings is 1. The third kappa shape index (κ3) is 4.12. The van der Waals surface area contributed by atoms with E-state index in [9.17, 15) is 13.2 Å². The van der Waals surface area contributed by atoms with Crippen molar-refractivity contribution in [3.8, 4) is 5.75 Å². The van der Waals surface area contributed by atoms with Crippen molar-refractivity contribution in [3.63, 3.8) is 0 Å². The molecule has 1 saturated heterocycles. The second-order valence-corrected chi connectivity index (χ2v) is 9.64. The summed E-state index contributed by atoms with van der Waals surface area (Å²) in [5, 5.41) is 0. The lowest BCUT2D eigenvalue weighted by molar-refractivity contribution is -0.133. The number of nitrogens with two attached hydrogens (primary N) is 1. The molecule has 4 unspecified atom stereocenters. The van der Waals surface area contributed by atoms with Gasteiger partial charge in [0, 0.05) is 19.1 Å². The quantitative estimate of drug-likeness (QED) is 0.753. The molecule has 3 rings (SSSR count). The van der Waals surface area contributed by atoms with Crippen molar-refractivity contribution < 1.29 is 17.9 Å². The Morgan fingerprint density at radius 2 is 1.89 bits per heavy atom. The number of amides is 1. The van der Waals surface area contributed by atoms with E-state index >= 15 is 0 Å². The number of methoxy groups -OCH3 is 1. The summed E-state index contributed by atoms with van der Waals surface area (Å²) in [5.41, 5.74) is 6.16. The predicted octanol–water partition coefficient (Wildman–Crippen LogP) is 1.19. The van der Waals surface area contributed by atoms with E-state index in [1.165, 1.54) is 19.2 Å². The van der Waals surface area contributed by atoms with Gasteiger partial charge in [-0.2, -0.15) is 4.72 Å². The third-order valence-corrected chi connectivity index (χ3v) is 7.27. The molecule has 1 aromatic carbocycles. The van der Waals surface area contributed by atoms with Crippen molar-refractivity contribution in [2.24, 2.45) is 23.5 Å². The van der Waals surface area contributed by atoms with Crippen LogP contribution in [-0.2, 0) is 14.8 Å². The van der Waals surface area contributed by atoms with Crippen molar-refractivity contribution >= 4 is 15.9 Å². The summed E-state index contributed by atoms with van der Waals surface area (Å²) in [5.74, 6) is 1.02. The summed E-state index contributed by atoms with van der Waals surface area (Å²) in [6.07, 6.45) is 2.05. The lowest BCUT2D eigenvalue weighted by Gasteiger charge is -2.27. The van der Waals surface area contributed by atoms with E-state index in [1.54, 1.807) is 17.0 Å². The van der Waals surface area contributed by atoms with Gasteiger partial charge < -0.3 is 15.4 Å². The Hall–Kier alpha value is -1.64. The maximum atomic E-state index is 13.1. The number of sulfonamides is 1. The molecule has 0 radical (unpaired) electrons. The molecule has 1 aliphatic carbocycles. The van der Waals surface area contributed by atoms with Gasteiger partial charge in [0.15, 0.2) is 0 Å². The molecular weight excluding hydrogens is 366 g/mol. The van der Waals surface area contributed by atoms with Gasteiger partial charge in [-0.15, -0.1) is 0 Å². The van der Waals surface area contributed by atoms with Crippen molar-refractivity contribution in [3.05, 3.63) is 24.3 Å². The van der Waals surface area contributed by atoms with E-state index in [-0.39, 0.29) is 22.8 Å². The molecule has 0 bridgehead atoms. The minimum atomic E-state index is -3.81. The van der Waals surface area contributed by atoms with Gasteiger partial charge in [-0.1, -0.05) is 13.8 Å². The molecule has 2 aliphatic rings. The van der Waals surface area contributed by atoms with Crippen LogP contribution in [0.5, 0.6) is 5.75 Å². The zero-order valence-electron chi connectivity index (χ0n) is 16.1. The predicted molar refractivity (Wildman–Crippen MR) is 103 cm³/mol. The van der Waals surface area contributed by atoms with Crippen LogP contribution in [0.1, 0.15) is 26.7 Å². The van der Waals surface area contributed by atoms with Gasteiger partial charge in [0.1, 0.15) is 11.8 Å². The van der Waals surface area contributed by atoms with Crippen molar-refractivity contribution in [2.45, 2.75) is 43.7 Å². The zero-order chi connectivity index (χ0) is 19.8. The van der Waals surface area contributed by atoms with Gasteiger partial charge in [0.25, 0.3) is 0 Å². The highest BCUT2D eigenvalue weighted by Gasteiger charge is 2.44. The Labute approximate surface area is 161 Å². The van der Waals surface area contributed by atoms with E-state index in [0.29, 0.717) is 30.7 Å². The minimum Gasteiger partial charge on any atom is -0.497 e. The highest BCUT2D eigenvalue weighted by Crippen LogP contribution is 2.37. The SMILES string of the molecule is COc1ccc(S(=O)(=O)NC(C(=O)N2CC3CCC(N)C3C2)C(C)C)cc1. The number of rotatable bonds is 6. The topological polar surface area (TPSA) is 102 Å². The number of hydrogen-bond acceptors (Lipinski definition) is 5. The summed E-state index contributed by atoms with van der Waals surface area (Å²) in [6.45, 7) is 4.99. The second-order valence-electron chi connectivity index (χ2n) is 7.93. The van der Waals surface area contributed by atoms with Crippen LogP contribution in [0.4, 0.5) is 0 Å². The van der Waals surface area contributed by atoms with Crippen LogP contribution in [-0.4, -0.2) is 51.5 Å². The van der Waals surface area contributed by atoms with Crippen LogP contribution in [0.25, 0.3) is 0 Å². The Morgan fingerprint density at radius 3 is 2.44 bits per heavy atom. The molecule has 1 saturated carbocycles. The van der Waals surface area contributed by atoms with Crippen LogP contribution < -0.4 is 15.2 Å². The van der Waals surface area contributed by atoms with Crippen LogP contribution in [0.3, 0.4) is 0 Å². The summed E-state index contributed by atoms with van der Waals surface area (Å²) in [7, 11) is -2.29. The molecule has 1 amide bonds. The highest BCUT2D eigenvalue weighted by atomic mass is 32.2. The van der Waals surface area contributed by atoms with E-state index in [1.807, 2.05) is 13.8 Å². The molecule has 7 nitrogen and oxygen atoms in total. The summed E-state index contributed by atoms with van der Waals surface area (Å²) in [6, 6.07) is 5.46. The Bertz CT molecular complexity index is 779. The maximum Gasteiger partial charge on any atom is 0.241 e. The zero-order valence-corrected chi connectivity index (χ0v) is 16.9. The average molecular weight is 396 g/mol. The number of nitrogens with one attached hydrogen (secondary N) is 1. The van der Waals surface area contributed by atoms with Gasteiger partial charge in [0.2, 0.25) is 15.9 Å². The molecule has 27 heavy (non-hydrogen) atoms. The second kappa shape index (κ2) is 7.77. The number of nitrogens with zero attached hydrogens (tertiary/aromatic N) is 1. The smallest absolute Gasteiger partial charge is 0.241 e. The van der Waals surface area contributed by atoms with Crippen LogP contribution in [0.15, 0.2) is 29.2 Å². The van der Waals surface area contributed by atoms with E-state index in [4.69, 9.17) is 10.5 Å². The molecule has 150 valence electrons. The standard InChI is InChI=1S/C19H29N3O4S/c1-12(2)18(19(23)22-10-13-4-9-17(20)16(13)11-22)21-27(24,25)15-7-5-14(26-3)6-8-15/h5-8,12-13,16-18,21H,4,9-11,20H2,1-3H3. The van der Waals surface area contributed by atoms with Gasteiger partial charge in [-0.25, -0.2) is 8.42 Å². The fraction of sp³-hybridized carbons (Fsp3) is 0.632. The first-order valence-electron chi connectivity index (χ1n) is 9.43. The number of hydrogen-bond donors (Lipinski definition) is 2. The highest BCUT2D eigenvalue weighted by molar-refractivity contribution is 7.89. The van der Waals surface area contributed by atoms with Gasteiger partial charge in [-0.3, -0.25) is 4.79 Å². The average Bonchev–Trinajstić information content (AvgIpc) is 3.21. The van der Waals surface area contributed by atoms with Crippen LogP contribution >= 0.6 is 0 Å². The van der Waals surface area contributed by atoms with Gasteiger partial charge in [-0.05, 0) is 54.9 Å². The Kier molecular flexibility index (Phi) is 5.79. The molecule has 4 atom stereocenters. The van der Waals surface area contributed by atoms with Crippen molar-refractivity contribution in [1.29, 1.82) is 0 Å². The molecule has 1 aromatic rings. The van der Waals surface area contributed by atoms with Crippen LogP contribution in [0.2, 0.25) is 0 Å². The lowest BCUT2D eigenvalue weighted by Crippen LogP contribution is -2.51. The monoisotopic (exact) mass is 395 g/mol. The maximum absolute atomic E-state index is 13.1. The normalized spacial score (nSPS) is 26.3. The molecular formula is C19H29N3O4S. The molecule has 3 N–H and O–H groups in total. The molecule has 1 heterocycles. The summed E-state index contributed by atoms with van der Waals surface area (Å²) >= 11 is 0. The first kappa shape index (κ1) is 20.1. The molecule has 2 fully saturated rings. The summed E-state index contributed by atoms with van der Waals surface area (Å²) in [4.78, 5) is 15.0. The molecule has 0 spiro atoms.